The van der Waals surface area contributed by atoms with E-state index in [1.807, 2.05) is 31.3 Å². The van der Waals surface area contributed by atoms with Crippen LogP contribution in [-0.4, -0.2) is 47.1 Å². The van der Waals surface area contributed by atoms with Crippen LogP contribution in [0, 0.1) is 0 Å². The van der Waals surface area contributed by atoms with E-state index >= 15 is 0 Å². The summed E-state index contributed by atoms with van der Waals surface area (Å²) in [5.41, 5.74) is 1.82. The summed E-state index contributed by atoms with van der Waals surface area (Å²) in [6, 6.07) is 5.65. The van der Waals surface area contributed by atoms with E-state index < -0.39 is 5.97 Å². The van der Waals surface area contributed by atoms with Crippen molar-refractivity contribution >= 4 is 22.8 Å². The van der Waals surface area contributed by atoms with Crippen LogP contribution < -0.4 is 4.74 Å². The first-order valence-corrected chi connectivity index (χ1v) is 7.18. The number of aromatic amines is 1. The Hall–Kier alpha value is -2.50. The number of aromatic nitrogens is 1. The van der Waals surface area contributed by atoms with Gasteiger partial charge in [0.2, 0.25) is 5.91 Å². The predicted octanol–water partition coefficient (Wildman–Crippen LogP) is 2.04. The summed E-state index contributed by atoms with van der Waals surface area (Å²) >= 11 is 0. The first-order valence-electron chi connectivity index (χ1n) is 7.18. The molecular weight excluding hydrogens is 284 g/mol. The van der Waals surface area contributed by atoms with Crippen molar-refractivity contribution in [3.63, 3.8) is 0 Å². The number of rotatable bonds is 7. The van der Waals surface area contributed by atoms with Crippen molar-refractivity contribution in [2.24, 2.45) is 0 Å². The number of nitrogens with one attached hydrogen (secondary N) is 1. The van der Waals surface area contributed by atoms with Crippen molar-refractivity contribution in [1.29, 1.82) is 0 Å². The summed E-state index contributed by atoms with van der Waals surface area (Å²) in [7, 11) is 1.60. The normalized spacial score (nSPS) is 10.6. The molecule has 2 aromatic rings. The Bertz CT molecular complexity index is 678. The van der Waals surface area contributed by atoms with Gasteiger partial charge in [-0.2, -0.15) is 0 Å². The standard InChI is InChI=1S/C16H20N2O4/c1-3-18(7-6-16(20)21)15(19)8-11-10-17-14-5-4-12(22-2)9-13(11)14/h4-5,9-10,17H,3,6-8H2,1-2H3,(H,20,21). The van der Waals surface area contributed by atoms with E-state index in [1.165, 1.54) is 0 Å². The van der Waals surface area contributed by atoms with Gasteiger partial charge >= 0.3 is 5.97 Å². The van der Waals surface area contributed by atoms with Crippen molar-refractivity contribution in [1.82, 2.24) is 9.88 Å². The summed E-state index contributed by atoms with van der Waals surface area (Å²) < 4.78 is 5.21. The highest BCUT2D eigenvalue weighted by atomic mass is 16.5. The molecule has 6 heteroatoms. The van der Waals surface area contributed by atoms with Crippen molar-refractivity contribution < 1.29 is 19.4 Å². The van der Waals surface area contributed by atoms with Crippen molar-refractivity contribution in [3.05, 3.63) is 30.0 Å². The SMILES string of the molecule is CCN(CCC(=O)O)C(=O)Cc1c[nH]c2ccc(OC)cc12. The third-order valence-corrected chi connectivity index (χ3v) is 3.65. The number of H-pyrrole nitrogens is 1. The zero-order chi connectivity index (χ0) is 16.1. The maximum Gasteiger partial charge on any atom is 0.305 e. The van der Waals surface area contributed by atoms with Crippen molar-refractivity contribution in [2.75, 3.05) is 20.2 Å². The van der Waals surface area contributed by atoms with E-state index in [9.17, 15) is 9.59 Å². The highest BCUT2D eigenvalue weighted by molar-refractivity contribution is 5.89. The van der Waals surface area contributed by atoms with E-state index in [-0.39, 0.29) is 25.3 Å². The maximum atomic E-state index is 12.3. The van der Waals surface area contributed by atoms with Gasteiger partial charge < -0.3 is 19.7 Å². The number of aliphatic carboxylic acids is 1. The van der Waals surface area contributed by atoms with Gasteiger partial charge in [-0.1, -0.05) is 0 Å². The molecule has 0 saturated heterocycles. The van der Waals surface area contributed by atoms with E-state index in [1.54, 1.807) is 12.0 Å². The zero-order valence-electron chi connectivity index (χ0n) is 12.8. The fourth-order valence-electron chi connectivity index (χ4n) is 2.40. The third kappa shape index (κ3) is 3.58. The van der Waals surface area contributed by atoms with E-state index in [2.05, 4.69) is 4.98 Å². The third-order valence-electron chi connectivity index (χ3n) is 3.65. The minimum Gasteiger partial charge on any atom is -0.497 e. The fraction of sp³-hybridized carbons (Fsp3) is 0.375. The lowest BCUT2D eigenvalue weighted by atomic mass is 10.1. The predicted molar refractivity (Wildman–Crippen MR) is 83.1 cm³/mol. The number of methoxy groups -OCH3 is 1. The molecule has 2 N–H and O–H groups in total. The van der Waals surface area contributed by atoms with E-state index in [4.69, 9.17) is 9.84 Å². The molecule has 0 aliphatic carbocycles. The molecule has 0 radical (unpaired) electrons. The maximum absolute atomic E-state index is 12.3. The van der Waals surface area contributed by atoms with Crippen LogP contribution in [0.2, 0.25) is 0 Å². The van der Waals surface area contributed by atoms with E-state index in [0.717, 1.165) is 22.2 Å². The largest absolute Gasteiger partial charge is 0.497 e. The number of ether oxygens (including phenoxy) is 1. The molecule has 2 rings (SSSR count). The Balaban J connectivity index is 2.15. The summed E-state index contributed by atoms with van der Waals surface area (Å²) in [5, 5.41) is 9.68. The van der Waals surface area contributed by atoms with Gasteiger partial charge in [0.15, 0.2) is 0 Å². The van der Waals surface area contributed by atoms with Gasteiger partial charge in [-0.25, -0.2) is 0 Å². The zero-order valence-corrected chi connectivity index (χ0v) is 12.8. The first kappa shape index (κ1) is 15.9. The van der Waals surface area contributed by atoms with Crippen LogP contribution >= 0.6 is 0 Å². The van der Waals surface area contributed by atoms with Gasteiger partial charge in [0.05, 0.1) is 20.0 Å². The summed E-state index contributed by atoms with van der Waals surface area (Å²) in [5.74, 6) is -0.241. The molecule has 1 aromatic carbocycles. The van der Waals surface area contributed by atoms with Crippen LogP contribution in [-0.2, 0) is 16.0 Å². The molecular formula is C16H20N2O4. The first-order chi connectivity index (χ1) is 10.5. The number of carbonyl (C=O) groups excluding carboxylic acids is 1. The molecule has 0 aliphatic heterocycles. The smallest absolute Gasteiger partial charge is 0.305 e. The number of carbonyl (C=O) groups is 2. The Labute approximate surface area is 128 Å². The number of nitrogens with zero attached hydrogens (tertiary/aromatic N) is 1. The average molecular weight is 304 g/mol. The molecule has 1 amide bonds. The molecule has 0 spiro atoms. The minimum absolute atomic E-state index is 0.0404. The highest BCUT2D eigenvalue weighted by Crippen LogP contribution is 2.24. The number of carboxylic acids is 1. The highest BCUT2D eigenvalue weighted by Gasteiger charge is 2.16. The molecule has 22 heavy (non-hydrogen) atoms. The number of hydrogen-bond acceptors (Lipinski definition) is 3. The monoisotopic (exact) mass is 304 g/mol. The Kier molecular flexibility index (Phi) is 5.04. The quantitative estimate of drug-likeness (QED) is 0.820. The molecule has 0 unspecified atom stereocenters. The van der Waals surface area contributed by atoms with Crippen molar-refractivity contribution in [2.45, 2.75) is 19.8 Å². The number of hydrogen-bond donors (Lipinski definition) is 2. The molecule has 0 atom stereocenters. The number of fused-ring (bicyclic) bond motifs is 1. The molecule has 1 aromatic heterocycles. The molecule has 0 bridgehead atoms. The Morgan fingerprint density at radius 1 is 1.36 bits per heavy atom. The molecule has 6 nitrogen and oxygen atoms in total. The molecule has 1 heterocycles. The summed E-state index contributed by atoms with van der Waals surface area (Å²) in [4.78, 5) is 27.7. The van der Waals surface area contributed by atoms with E-state index in [0.29, 0.717) is 6.54 Å². The van der Waals surface area contributed by atoms with Gasteiger partial charge in [0.25, 0.3) is 0 Å². The summed E-state index contributed by atoms with van der Waals surface area (Å²) in [6.45, 7) is 2.58. The number of benzene rings is 1. The minimum atomic E-state index is -0.900. The van der Waals surface area contributed by atoms with Gasteiger partial charge in [-0.15, -0.1) is 0 Å². The second kappa shape index (κ2) is 6.98. The Morgan fingerprint density at radius 2 is 2.14 bits per heavy atom. The lowest BCUT2D eigenvalue weighted by Gasteiger charge is -2.19. The average Bonchev–Trinajstić information content (AvgIpc) is 2.89. The fourth-order valence-corrected chi connectivity index (χ4v) is 2.40. The number of amides is 1. The second-order valence-corrected chi connectivity index (χ2v) is 5.02. The summed E-state index contributed by atoms with van der Waals surface area (Å²) in [6.07, 6.45) is 2.01. The van der Waals surface area contributed by atoms with Crippen molar-refractivity contribution in [3.8, 4) is 5.75 Å². The van der Waals surface area contributed by atoms with Gasteiger partial charge in [0, 0.05) is 30.2 Å². The topological polar surface area (TPSA) is 82.6 Å². The second-order valence-electron chi connectivity index (χ2n) is 5.02. The van der Waals surface area contributed by atoms with Crippen LogP contribution in [0.3, 0.4) is 0 Å². The van der Waals surface area contributed by atoms with Crippen LogP contribution in [0.25, 0.3) is 10.9 Å². The van der Waals surface area contributed by atoms with Crippen LogP contribution in [0.5, 0.6) is 5.75 Å². The molecule has 118 valence electrons. The molecule has 0 aliphatic rings. The van der Waals surface area contributed by atoms with Crippen LogP contribution in [0.4, 0.5) is 0 Å². The van der Waals surface area contributed by atoms with Gasteiger partial charge in [0.1, 0.15) is 5.75 Å². The Morgan fingerprint density at radius 3 is 2.77 bits per heavy atom. The number of likely N-dealkylation sites (N-methyl/N-ethyl adjacent to an activating group) is 1. The van der Waals surface area contributed by atoms with Gasteiger partial charge in [-0.05, 0) is 30.7 Å². The van der Waals surface area contributed by atoms with Gasteiger partial charge in [-0.3, -0.25) is 9.59 Å². The van der Waals surface area contributed by atoms with Crippen LogP contribution in [0.15, 0.2) is 24.4 Å². The number of carboxylic acid groups (broad SMARTS) is 1. The van der Waals surface area contributed by atoms with Crippen LogP contribution in [0.1, 0.15) is 18.9 Å². The molecule has 0 saturated carbocycles. The lowest BCUT2D eigenvalue weighted by molar-refractivity contribution is -0.138. The lowest BCUT2D eigenvalue weighted by Crippen LogP contribution is -2.33. The molecule has 0 fully saturated rings.